The van der Waals surface area contributed by atoms with Gasteiger partial charge in [0.25, 0.3) is 0 Å². The molecule has 1 aromatic carbocycles. The number of carbonyl (C=O) groups is 1. The number of halogens is 1. The smallest absolute Gasteiger partial charge is 0.236 e. The maximum atomic E-state index is 12.0. The highest BCUT2D eigenvalue weighted by Crippen LogP contribution is 2.22. The minimum Gasteiger partial charge on any atom is -0.308 e. The summed E-state index contributed by atoms with van der Waals surface area (Å²) < 4.78 is 1.93. The van der Waals surface area contributed by atoms with E-state index in [1.165, 1.54) is 28.7 Å². The van der Waals surface area contributed by atoms with Gasteiger partial charge in [-0.1, -0.05) is 35.5 Å². The second-order valence-corrected chi connectivity index (χ2v) is 8.93. The van der Waals surface area contributed by atoms with Crippen molar-refractivity contribution in [1.29, 1.82) is 0 Å². The molecule has 0 aliphatic rings. The lowest BCUT2D eigenvalue weighted by atomic mass is 10.2. The standard InChI is InChI=1S/C17H18ClN5OS3/c1-11-7-26-16(19-11)20-15(24)10-27-17-22-21-14(23(17)2)9-25-8-12-3-5-13(18)6-4-12/h3-7H,8-10H2,1-2H3,(H,19,20,24). The number of rotatable bonds is 8. The van der Waals surface area contributed by atoms with E-state index in [2.05, 4.69) is 20.5 Å². The lowest BCUT2D eigenvalue weighted by Gasteiger charge is -2.04. The van der Waals surface area contributed by atoms with Crippen LogP contribution in [0, 0.1) is 6.92 Å². The molecule has 0 bridgehead atoms. The van der Waals surface area contributed by atoms with Crippen LogP contribution in [0.15, 0.2) is 34.8 Å². The summed E-state index contributed by atoms with van der Waals surface area (Å²) in [5, 5.41) is 15.2. The second kappa shape index (κ2) is 9.59. The third-order valence-corrected chi connectivity index (χ3v) is 6.68. The zero-order valence-electron chi connectivity index (χ0n) is 14.8. The topological polar surface area (TPSA) is 72.7 Å². The molecule has 0 fully saturated rings. The van der Waals surface area contributed by atoms with Gasteiger partial charge in [-0.05, 0) is 24.6 Å². The van der Waals surface area contributed by atoms with Gasteiger partial charge in [0.2, 0.25) is 5.91 Å². The van der Waals surface area contributed by atoms with Gasteiger partial charge in [-0.2, -0.15) is 0 Å². The number of nitrogens with one attached hydrogen (secondary N) is 1. The van der Waals surface area contributed by atoms with E-state index in [9.17, 15) is 4.79 Å². The fraction of sp³-hybridized carbons (Fsp3) is 0.294. The lowest BCUT2D eigenvalue weighted by molar-refractivity contribution is -0.113. The molecular weight excluding hydrogens is 422 g/mol. The summed E-state index contributed by atoms with van der Waals surface area (Å²) in [4.78, 5) is 16.3. The Bertz CT molecular complexity index is 910. The fourth-order valence-corrected chi connectivity index (χ4v) is 4.66. The number of hydrogen-bond donors (Lipinski definition) is 1. The average molecular weight is 440 g/mol. The first-order chi connectivity index (χ1) is 13.0. The van der Waals surface area contributed by atoms with Crippen LogP contribution in [0.1, 0.15) is 17.1 Å². The van der Waals surface area contributed by atoms with Crippen molar-refractivity contribution in [3.8, 4) is 0 Å². The van der Waals surface area contributed by atoms with E-state index >= 15 is 0 Å². The van der Waals surface area contributed by atoms with Crippen LogP contribution in [0.5, 0.6) is 0 Å². The molecule has 0 saturated carbocycles. The first-order valence-electron chi connectivity index (χ1n) is 8.06. The van der Waals surface area contributed by atoms with E-state index in [1.54, 1.807) is 11.8 Å². The molecule has 27 heavy (non-hydrogen) atoms. The molecule has 2 aromatic heterocycles. The SMILES string of the molecule is Cc1csc(NC(=O)CSc2nnc(CSCc3ccc(Cl)cc3)n2C)n1. The van der Waals surface area contributed by atoms with Crippen molar-refractivity contribution in [3.63, 3.8) is 0 Å². The van der Waals surface area contributed by atoms with E-state index < -0.39 is 0 Å². The molecule has 2 heterocycles. The number of nitrogens with zero attached hydrogens (tertiary/aromatic N) is 4. The predicted octanol–water partition coefficient (Wildman–Crippen LogP) is 4.40. The maximum Gasteiger partial charge on any atom is 0.236 e. The Morgan fingerprint density at radius 1 is 1.26 bits per heavy atom. The molecule has 0 unspecified atom stereocenters. The minimum absolute atomic E-state index is 0.101. The van der Waals surface area contributed by atoms with Crippen LogP contribution in [0.2, 0.25) is 5.02 Å². The lowest BCUT2D eigenvalue weighted by Crippen LogP contribution is -2.14. The first kappa shape index (κ1) is 20.2. The number of thioether (sulfide) groups is 2. The van der Waals surface area contributed by atoms with Gasteiger partial charge < -0.3 is 9.88 Å². The summed E-state index contributed by atoms with van der Waals surface area (Å²) in [6.45, 7) is 1.90. The van der Waals surface area contributed by atoms with Gasteiger partial charge in [0.05, 0.1) is 17.2 Å². The molecule has 0 radical (unpaired) electrons. The molecule has 0 aliphatic heterocycles. The van der Waals surface area contributed by atoms with Crippen molar-refractivity contribution in [3.05, 3.63) is 51.7 Å². The van der Waals surface area contributed by atoms with Crippen LogP contribution < -0.4 is 5.32 Å². The van der Waals surface area contributed by atoms with Gasteiger partial charge >= 0.3 is 0 Å². The Morgan fingerprint density at radius 2 is 2.04 bits per heavy atom. The highest BCUT2D eigenvalue weighted by Gasteiger charge is 2.12. The number of aryl methyl sites for hydroxylation is 1. The second-order valence-electron chi connectivity index (χ2n) is 5.71. The summed E-state index contributed by atoms with van der Waals surface area (Å²) in [6.07, 6.45) is 0. The Morgan fingerprint density at radius 3 is 2.74 bits per heavy atom. The summed E-state index contributed by atoms with van der Waals surface area (Å²) in [5.74, 6) is 2.67. The quantitative estimate of drug-likeness (QED) is 0.524. The number of amides is 1. The van der Waals surface area contributed by atoms with Crippen molar-refractivity contribution in [1.82, 2.24) is 19.7 Å². The number of hydrogen-bond acceptors (Lipinski definition) is 7. The van der Waals surface area contributed by atoms with Crippen LogP contribution in [0.4, 0.5) is 5.13 Å². The van der Waals surface area contributed by atoms with Crippen molar-refractivity contribution >= 4 is 57.5 Å². The minimum atomic E-state index is -0.101. The molecule has 1 amide bonds. The molecule has 0 aliphatic carbocycles. The van der Waals surface area contributed by atoms with Gasteiger partial charge in [-0.3, -0.25) is 4.79 Å². The molecule has 1 N–H and O–H groups in total. The maximum absolute atomic E-state index is 12.0. The molecule has 0 atom stereocenters. The molecule has 0 saturated heterocycles. The number of carbonyl (C=O) groups excluding carboxylic acids is 1. The normalized spacial score (nSPS) is 10.9. The van der Waals surface area contributed by atoms with Crippen LogP contribution in [-0.4, -0.2) is 31.4 Å². The monoisotopic (exact) mass is 439 g/mol. The zero-order chi connectivity index (χ0) is 19.2. The molecular formula is C17H18ClN5OS3. The molecule has 3 aromatic rings. The van der Waals surface area contributed by atoms with Gasteiger partial charge in [0.1, 0.15) is 5.82 Å². The van der Waals surface area contributed by atoms with Crippen LogP contribution >= 0.6 is 46.5 Å². The summed E-state index contributed by atoms with van der Waals surface area (Å²) in [6, 6.07) is 7.84. The third-order valence-electron chi connectivity index (χ3n) is 3.54. The van der Waals surface area contributed by atoms with Gasteiger partial charge in [-0.25, -0.2) is 4.98 Å². The van der Waals surface area contributed by atoms with Crippen LogP contribution in [0.3, 0.4) is 0 Å². The van der Waals surface area contributed by atoms with E-state index in [1.807, 2.05) is 48.2 Å². The number of anilines is 1. The average Bonchev–Trinajstić information content (AvgIpc) is 3.21. The Labute approximate surface area is 175 Å². The van der Waals surface area contributed by atoms with Gasteiger partial charge in [-0.15, -0.1) is 33.3 Å². The van der Waals surface area contributed by atoms with E-state index in [0.29, 0.717) is 5.13 Å². The third kappa shape index (κ3) is 5.97. The fourth-order valence-electron chi connectivity index (χ4n) is 2.13. The molecule has 3 rings (SSSR count). The van der Waals surface area contributed by atoms with Gasteiger partial charge in [0.15, 0.2) is 10.3 Å². The summed E-state index contributed by atoms with van der Waals surface area (Å²) in [5.41, 5.74) is 2.12. The van der Waals surface area contributed by atoms with Crippen LogP contribution in [0.25, 0.3) is 0 Å². The Hall–Kier alpha value is -1.55. The highest BCUT2D eigenvalue weighted by molar-refractivity contribution is 7.99. The van der Waals surface area contributed by atoms with Gasteiger partial charge in [0, 0.05) is 23.2 Å². The van der Waals surface area contributed by atoms with E-state index in [-0.39, 0.29) is 11.7 Å². The van der Waals surface area contributed by atoms with E-state index in [4.69, 9.17) is 11.6 Å². The first-order valence-corrected chi connectivity index (χ1v) is 11.5. The molecule has 6 nitrogen and oxygen atoms in total. The van der Waals surface area contributed by atoms with Crippen molar-refractivity contribution < 1.29 is 4.79 Å². The van der Waals surface area contributed by atoms with Crippen molar-refractivity contribution in [2.75, 3.05) is 11.1 Å². The molecule has 0 spiro atoms. The molecule has 142 valence electrons. The zero-order valence-corrected chi connectivity index (χ0v) is 18.0. The van der Waals surface area contributed by atoms with Crippen LogP contribution in [-0.2, 0) is 23.3 Å². The van der Waals surface area contributed by atoms with Crippen molar-refractivity contribution in [2.24, 2.45) is 7.05 Å². The number of aromatic nitrogens is 4. The number of benzene rings is 1. The summed E-state index contributed by atoms with van der Waals surface area (Å²) in [7, 11) is 1.92. The number of thiazole rings is 1. The highest BCUT2D eigenvalue weighted by atomic mass is 35.5. The largest absolute Gasteiger partial charge is 0.308 e. The molecule has 10 heteroatoms. The Balaban J connectivity index is 1.46. The van der Waals surface area contributed by atoms with E-state index in [0.717, 1.165) is 33.2 Å². The predicted molar refractivity (Wildman–Crippen MR) is 114 cm³/mol. The summed E-state index contributed by atoms with van der Waals surface area (Å²) >= 11 is 10.4. The Kier molecular flexibility index (Phi) is 7.17. The van der Waals surface area contributed by atoms with Crippen molar-refractivity contribution in [2.45, 2.75) is 23.6 Å².